The molecule has 34 heavy (non-hydrogen) atoms. The molecule has 186 valence electrons. The van der Waals surface area contributed by atoms with E-state index in [0.717, 1.165) is 12.1 Å². The summed E-state index contributed by atoms with van der Waals surface area (Å²) in [6, 6.07) is 5.87. The Labute approximate surface area is 194 Å². The van der Waals surface area contributed by atoms with Gasteiger partial charge in [0.05, 0.1) is 25.3 Å². The molecule has 3 rings (SSSR count). The Kier molecular flexibility index (Phi) is 9.08. The van der Waals surface area contributed by atoms with Crippen molar-refractivity contribution in [2.45, 2.75) is 19.3 Å². The highest BCUT2D eigenvalue weighted by molar-refractivity contribution is 5.77. The van der Waals surface area contributed by atoms with Gasteiger partial charge in [-0.2, -0.15) is 13.2 Å². The fourth-order valence-corrected chi connectivity index (χ4v) is 3.35. The van der Waals surface area contributed by atoms with Crippen molar-refractivity contribution in [3.05, 3.63) is 63.7 Å². The number of carbonyl (C=O) groups is 1. The number of nitrogens with zero attached hydrogens (tertiary/aromatic N) is 2. The van der Waals surface area contributed by atoms with Gasteiger partial charge in [-0.25, -0.2) is 0 Å². The van der Waals surface area contributed by atoms with Gasteiger partial charge in [0.25, 0.3) is 0 Å². The number of methoxy groups -OCH3 is 1. The molecule has 0 spiro atoms. The van der Waals surface area contributed by atoms with Crippen molar-refractivity contribution in [2.75, 3.05) is 53.1 Å². The minimum absolute atomic E-state index is 0.0200. The van der Waals surface area contributed by atoms with Gasteiger partial charge in [0, 0.05) is 39.4 Å². The zero-order valence-corrected chi connectivity index (χ0v) is 18.8. The molecule has 0 radical (unpaired) electrons. The highest BCUT2D eigenvalue weighted by atomic mass is 19.4. The minimum atomic E-state index is -4.41. The molecule has 1 aliphatic rings. The Morgan fingerprint density at radius 1 is 1.09 bits per heavy atom. The molecule has 0 saturated carbocycles. The SMILES string of the molecule is COCCOCC(=O)N1CCN(Cc2cc(=O)c(OCc3ccc(C(F)(F)F)cc3)co2)CC1. The van der Waals surface area contributed by atoms with Crippen LogP contribution < -0.4 is 10.2 Å². The van der Waals surface area contributed by atoms with Gasteiger partial charge >= 0.3 is 6.18 Å². The highest BCUT2D eigenvalue weighted by Crippen LogP contribution is 2.29. The fourth-order valence-electron chi connectivity index (χ4n) is 3.35. The molecule has 2 aromatic rings. The maximum Gasteiger partial charge on any atom is 0.416 e. The Bertz CT molecular complexity index is 985. The van der Waals surface area contributed by atoms with E-state index in [0.29, 0.717) is 57.3 Å². The second-order valence-corrected chi connectivity index (χ2v) is 7.76. The van der Waals surface area contributed by atoms with Gasteiger partial charge in [0.1, 0.15) is 25.2 Å². The van der Waals surface area contributed by atoms with Crippen LogP contribution in [0.1, 0.15) is 16.9 Å². The minimum Gasteiger partial charge on any atom is -0.482 e. The lowest BCUT2D eigenvalue weighted by Crippen LogP contribution is -2.49. The maximum absolute atomic E-state index is 12.6. The molecular weight excluding hydrogens is 457 g/mol. The van der Waals surface area contributed by atoms with Crippen molar-refractivity contribution in [3.8, 4) is 5.75 Å². The van der Waals surface area contributed by atoms with Gasteiger partial charge in [0.15, 0.2) is 0 Å². The first kappa shape index (κ1) is 25.7. The molecule has 1 amide bonds. The average molecular weight is 484 g/mol. The third-order valence-electron chi connectivity index (χ3n) is 5.29. The molecular formula is C23H27F3N2O6. The second kappa shape index (κ2) is 12.0. The lowest BCUT2D eigenvalue weighted by Gasteiger charge is -2.34. The smallest absolute Gasteiger partial charge is 0.416 e. The van der Waals surface area contributed by atoms with E-state index in [2.05, 4.69) is 4.90 Å². The van der Waals surface area contributed by atoms with E-state index in [4.69, 9.17) is 18.6 Å². The van der Waals surface area contributed by atoms with Crippen LogP contribution in [0, 0.1) is 0 Å². The van der Waals surface area contributed by atoms with Crippen molar-refractivity contribution < 1.29 is 36.6 Å². The molecule has 8 nitrogen and oxygen atoms in total. The zero-order valence-electron chi connectivity index (χ0n) is 18.8. The normalized spacial score (nSPS) is 14.9. The Morgan fingerprint density at radius 3 is 2.41 bits per heavy atom. The van der Waals surface area contributed by atoms with Crippen LogP contribution in [0.4, 0.5) is 13.2 Å². The molecule has 0 bridgehead atoms. The molecule has 1 fully saturated rings. The average Bonchev–Trinajstić information content (AvgIpc) is 2.81. The number of amides is 1. The van der Waals surface area contributed by atoms with Crippen LogP contribution in [-0.4, -0.2) is 68.8 Å². The van der Waals surface area contributed by atoms with E-state index < -0.39 is 11.7 Å². The van der Waals surface area contributed by atoms with Crippen LogP contribution in [0.25, 0.3) is 0 Å². The molecule has 2 heterocycles. The predicted molar refractivity (Wildman–Crippen MR) is 115 cm³/mol. The second-order valence-electron chi connectivity index (χ2n) is 7.76. The summed E-state index contributed by atoms with van der Waals surface area (Å²) in [5.74, 6) is 0.360. The van der Waals surface area contributed by atoms with Crippen molar-refractivity contribution in [2.24, 2.45) is 0 Å². The fraction of sp³-hybridized carbons (Fsp3) is 0.478. The molecule has 1 aromatic heterocycles. The summed E-state index contributed by atoms with van der Waals surface area (Å²) in [7, 11) is 1.57. The quantitative estimate of drug-likeness (QED) is 0.480. The van der Waals surface area contributed by atoms with E-state index in [1.807, 2.05) is 0 Å². The number of alkyl halides is 3. The van der Waals surface area contributed by atoms with E-state index in [1.165, 1.54) is 24.5 Å². The third-order valence-corrected chi connectivity index (χ3v) is 5.29. The molecule has 1 aromatic carbocycles. The molecule has 1 saturated heterocycles. The Balaban J connectivity index is 1.45. The van der Waals surface area contributed by atoms with E-state index >= 15 is 0 Å². The summed E-state index contributed by atoms with van der Waals surface area (Å²) >= 11 is 0. The lowest BCUT2D eigenvalue weighted by atomic mass is 10.1. The monoisotopic (exact) mass is 484 g/mol. The topological polar surface area (TPSA) is 81.5 Å². The van der Waals surface area contributed by atoms with E-state index in [9.17, 15) is 22.8 Å². The van der Waals surface area contributed by atoms with Crippen molar-refractivity contribution >= 4 is 5.91 Å². The van der Waals surface area contributed by atoms with Crippen LogP contribution in [0.2, 0.25) is 0 Å². The van der Waals surface area contributed by atoms with Crippen molar-refractivity contribution in [1.82, 2.24) is 9.80 Å². The van der Waals surface area contributed by atoms with E-state index in [-0.39, 0.29) is 30.3 Å². The molecule has 0 aliphatic carbocycles. The summed E-state index contributed by atoms with van der Waals surface area (Å²) in [5.41, 5.74) is -0.635. The number of hydrogen-bond acceptors (Lipinski definition) is 7. The third kappa shape index (κ3) is 7.57. The van der Waals surface area contributed by atoms with Crippen LogP contribution >= 0.6 is 0 Å². The number of ether oxygens (including phenoxy) is 3. The summed E-state index contributed by atoms with van der Waals surface area (Å²) in [6.07, 6.45) is -3.20. The summed E-state index contributed by atoms with van der Waals surface area (Å²) < 4.78 is 59.0. The summed E-state index contributed by atoms with van der Waals surface area (Å²) in [5, 5.41) is 0. The van der Waals surface area contributed by atoms with Gasteiger partial charge < -0.3 is 23.5 Å². The Morgan fingerprint density at radius 2 is 1.79 bits per heavy atom. The van der Waals surface area contributed by atoms with Crippen LogP contribution in [0.5, 0.6) is 5.75 Å². The zero-order chi connectivity index (χ0) is 24.6. The Hall–Kier alpha value is -2.89. The molecule has 0 unspecified atom stereocenters. The summed E-state index contributed by atoms with van der Waals surface area (Å²) in [4.78, 5) is 28.3. The van der Waals surface area contributed by atoms with Crippen molar-refractivity contribution in [3.63, 3.8) is 0 Å². The van der Waals surface area contributed by atoms with Gasteiger partial charge in [-0.05, 0) is 17.7 Å². The number of carbonyl (C=O) groups excluding carboxylic acids is 1. The number of hydrogen-bond donors (Lipinski definition) is 0. The summed E-state index contributed by atoms with van der Waals surface area (Å²) in [6.45, 7) is 3.51. The van der Waals surface area contributed by atoms with Crippen LogP contribution in [0.3, 0.4) is 0 Å². The number of halogens is 3. The molecule has 1 aliphatic heterocycles. The van der Waals surface area contributed by atoms with E-state index in [1.54, 1.807) is 12.0 Å². The number of rotatable bonds is 10. The standard InChI is InChI=1S/C23H27F3N2O6/c1-31-10-11-32-16-22(30)28-8-6-27(7-9-28)13-19-12-20(29)21(15-33-19)34-14-17-2-4-18(5-3-17)23(24,25)26/h2-5,12,15H,6-11,13-14,16H2,1H3. The molecule has 0 atom stereocenters. The first-order valence-electron chi connectivity index (χ1n) is 10.7. The lowest BCUT2D eigenvalue weighted by molar-refractivity contribution is -0.138. The first-order valence-corrected chi connectivity index (χ1v) is 10.7. The molecule has 0 N–H and O–H groups in total. The first-order chi connectivity index (χ1) is 16.3. The van der Waals surface area contributed by atoms with Crippen LogP contribution in [-0.2, 0) is 33.6 Å². The van der Waals surface area contributed by atoms with Gasteiger partial charge in [-0.3, -0.25) is 14.5 Å². The van der Waals surface area contributed by atoms with Gasteiger partial charge in [-0.1, -0.05) is 12.1 Å². The number of piperazine rings is 1. The maximum atomic E-state index is 12.6. The van der Waals surface area contributed by atoms with Gasteiger partial charge in [-0.15, -0.1) is 0 Å². The van der Waals surface area contributed by atoms with Crippen LogP contribution in [0.15, 0.2) is 45.8 Å². The molecule has 11 heteroatoms. The number of benzene rings is 1. The van der Waals surface area contributed by atoms with Gasteiger partial charge in [0.2, 0.25) is 17.1 Å². The predicted octanol–water partition coefficient (Wildman–Crippen LogP) is 2.54. The largest absolute Gasteiger partial charge is 0.482 e. The van der Waals surface area contributed by atoms with Crippen molar-refractivity contribution in [1.29, 1.82) is 0 Å². The highest BCUT2D eigenvalue weighted by Gasteiger charge is 2.30.